The molecule has 0 saturated carbocycles. The number of carbonyl (C=O) groups is 1. The Morgan fingerprint density at radius 2 is 1.79 bits per heavy atom. The van der Waals surface area contributed by atoms with Gasteiger partial charge in [-0.05, 0) is 58.5 Å². The maximum atomic E-state index is 15.3. The first kappa shape index (κ1) is 27.3. The van der Waals surface area contributed by atoms with Gasteiger partial charge in [0.25, 0.3) is 0 Å². The van der Waals surface area contributed by atoms with Gasteiger partial charge in [0.2, 0.25) is 5.82 Å². The second-order valence-corrected chi connectivity index (χ2v) is 10.6. The van der Waals surface area contributed by atoms with E-state index in [0.29, 0.717) is 19.5 Å². The van der Waals surface area contributed by atoms with E-state index in [0.717, 1.165) is 21.9 Å². The lowest BCUT2D eigenvalue weighted by molar-refractivity contribution is 0.113. The number of aromatic amines is 1. The van der Waals surface area contributed by atoms with Crippen LogP contribution in [0.2, 0.25) is 0 Å². The van der Waals surface area contributed by atoms with Gasteiger partial charge in [-0.1, -0.05) is 72.8 Å². The number of carbonyl (C=O) groups excluding carboxylic acids is 1. The molecule has 0 aliphatic carbocycles. The van der Waals surface area contributed by atoms with Gasteiger partial charge in [0.1, 0.15) is 17.3 Å². The number of nitrogens with zero attached hydrogens (tertiary/aromatic N) is 4. The number of aromatic nitrogens is 4. The van der Waals surface area contributed by atoms with Crippen LogP contribution in [0.15, 0.2) is 84.9 Å². The van der Waals surface area contributed by atoms with Gasteiger partial charge in [0.05, 0.1) is 12.6 Å². The zero-order valence-corrected chi connectivity index (χ0v) is 23.0. The second kappa shape index (κ2) is 11.9. The molecule has 1 aliphatic rings. The van der Waals surface area contributed by atoms with E-state index in [9.17, 15) is 4.79 Å². The molecular formula is C32H30F2N6O2. The van der Waals surface area contributed by atoms with Gasteiger partial charge >= 0.3 is 6.09 Å². The highest BCUT2D eigenvalue weighted by Crippen LogP contribution is 2.38. The molecule has 214 valence electrons. The molecular weight excluding hydrogens is 538 g/mol. The van der Waals surface area contributed by atoms with Gasteiger partial charge < -0.3 is 15.0 Å². The van der Waals surface area contributed by atoms with Crippen LogP contribution in [0.1, 0.15) is 36.4 Å². The standard InChI is InChI=1S/C32H30F2N6O2/c1-20(25-13-7-11-22-10-5-6-12-27(22)25)35-32(41)42-19-24-18-40(15-14-26(24)21-8-3-2-4-9-21)30-28(33)16-23(17-29(30)34)31-36-38-39-37-31/h2-13,16-17,20,24,26H,14-15,18-19H2,1H3,(H,35,41)(H,36,37,38,39)/t20-,24?,26?/m1/s1. The molecule has 2 unspecified atom stereocenters. The summed E-state index contributed by atoms with van der Waals surface area (Å²) in [5.74, 6) is -1.47. The molecule has 42 heavy (non-hydrogen) atoms. The topological polar surface area (TPSA) is 96.0 Å². The largest absolute Gasteiger partial charge is 0.449 e. The van der Waals surface area contributed by atoms with Gasteiger partial charge in [-0.2, -0.15) is 5.21 Å². The highest BCUT2D eigenvalue weighted by atomic mass is 19.1. The van der Waals surface area contributed by atoms with Crippen LogP contribution in [0.5, 0.6) is 0 Å². The number of ether oxygens (including phenoxy) is 1. The first-order chi connectivity index (χ1) is 20.5. The van der Waals surface area contributed by atoms with Gasteiger partial charge in [0.15, 0.2) is 0 Å². The summed E-state index contributed by atoms with van der Waals surface area (Å²) in [5, 5.41) is 18.5. The van der Waals surface area contributed by atoms with Crippen molar-refractivity contribution < 1.29 is 18.3 Å². The van der Waals surface area contributed by atoms with E-state index in [1.807, 2.05) is 79.7 Å². The highest BCUT2D eigenvalue weighted by Gasteiger charge is 2.34. The molecule has 2 N–H and O–H groups in total. The van der Waals surface area contributed by atoms with E-state index in [4.69, 9.17) is 4.74 Å². The van der Waals surface area contributed by atoms with Crippen molar-refractivity contribution in [3.63, 3.8) is 0 Å². The van der Waals surface area contributed by atoms with E-state index in [2.05, 4.69) is 25.9 Å². The summed E-state index contributed by atoms with van der Waals surface area (Å²) >= 11 is 0. The Balaban J connectivity index is 1.19. The van der Waals surface area contributed by atoms with Crippen LogP contribution in [0.25, 0.3) is 22.2 Å². The molecule has 1 saturated heterocycles. The quantitative estimate of drug-likeness (QED) is 0.236. The molecule has 1 aliphatic heterocycles. The second-order valence-electron chi connectivity index (χ2n) is 10.6. The predicted molar refractivity (Wildman–Crippen MR) is 156 cm³/mol. The lowest BCUT2D eigenvalue weighted by Gasteiger charge is -2.40. The van der Waals surface area contributed by atoms with Crippen molar-refractivity contribution in [1.29, 1.82) is 0 Å². The number of halogens is 2. The minimum atomic E-state index is -0.714. The molecule has 5 aromatic rings. The number of anilines is 1. The maximum Gasteiger partial charge on any atom is 0.407 e. The van der Waals surface area contributed by atoms with Crippen molar-refractivity contribution >= 4 is 22.6 Å². The number of hydrogen-bond acceptors (Lipinski definition) is 6. The molecule has 1 aromatic heterocycles. The highest BCUT2D eigenvalue weighted by molar-refractivity contribution is 5.86. The van der Waals surface area contributed by atoms with E-state index < -0.39 is 17.7 Å². The third-order valence-electron chi connectivity index (χ3n) is 7.95. The average molecular weight is 569 g/mol. The minimum absolute atomic E-state index is 0.0514. The van der Waals surface area contributed by atoms with Crippen molar-refractivity contribution in [3.05, 3.63) is 108 Å². The summed E-state index contributed by atoms with van der Waals surface area (Å²) in [5.41, 5.74) is 2.17. The van der Waals surface area contributed by atoms with E-state index >= 15 is 8.78 Å². The van der Waals surface area contributed by atoms with Crippen LogP contribution in [0, 0.1) is 17.6 Å². The number of benzene rings is 4. The van der Waals surface area contributed by atoms with E-state index in [1.54, 1.807) is 4.90 Å². The molecule has 8 nitrogen and oxygen atoms in total. The monoisotopic (exact) mass is 568 g/mol. The smallest absolute Gasteiger partial charge is 0.407 e. The molecule has 6 rings (SSSR count). The zero-order valence-electron chi connectivity index (χ0n) is 23.0. The van der Waals surface area contributed by atoms with E-state index in [1.165, 1.54) is 12.1 Å². The van der Waals surface area contributed by atoms with Crippen molar-refractivity contribution in [2.45, 2.75) is 25.3 Å². The fourth-order valence-corrected chi connectivity index (χ4v) is 5.93. The van der Waals surface area contributed by atoms with Gasteiger partial charge in [-0.25, -0.2) is 13.6 Å². The molecule has 10 heteroatoms. The third kappa shape index (κ3) is 5.65. The Hall–Kier alpha value is -4.86. The number of alkyl carbamates (subject to hydrolysis) is 1. The van der Waals surface area contributed by atoms with Crippen molar-refractivity contribution in [1.82, 2.24) is 25.9 Å². The first-order valence-electron chi connectivity index (χ1n) is 13.9. The van der Waals surface area contributed by atoms with Crippen molar-refractivity contribution in [2.75, 3.05) is 24.6 Å². The molecule has 0 bridgehead atoms. The third-order valence-corrected chi connectivity index (χ3v) is 7.95. The average Bonchev–Trinajstić information content (AvgIpc) is 3.55. The predicted octanol–water partition coefficient (Wildman–Crippen LogP) is 6.40. The van der Waals surface area contributed by atoms with Crippen molar-refractivity contribution in [2.24, 2.45) is 5.92 Å². The number of tetrazole rings is 1. The number of amides is 1. The molecule has 0 radical (unpaired) electrons. The summed E-state index contributed by atoms with van der Waals surface area (Å²) in [7, 11) is 0. The van der Waals surface area contributed by atoms with Crippen LogP contribution >= 0.6 is 0 Å². The number of nitrogens with one attached hydrogen (secondary N) is 2. The lowest BCUT2D eigenvalue weighted by atomic mass is 9.80. The van der Waals surface area contributed by atoms with E-state index in [-0.39, 0.29) is 41.6 Å². The first-order valence-corrected chi connectivity index (χ1v) is 13.9. The summed E-state index contributed by atoms with van der Waals surface area (Å²) in [4.78, 5) is 14.7. The van der Waals surface area contributed by atoms with Crippen molar-refractivity contribution in [3.8, 4) is 11.4 Å². The Morgan fingerprint density at radius 1 is 1.05 bits per heavy atom. The summed E-state index contributed by atoms with van der Waals surface area (Å²) in [6.07, 6.45) is 0.0959. The van der Waals surface area contributed by atoms with Gasteiger partial charge in [-0.15, -0.1) is 10.2 Å². The summed E-state index contributed by atoms with van der Waals surface area (Å²) in [6, 6.07) is 26.1. The number of rotatable bonds is 7. The molecule has 0 spiro atoms. The van der Waals surface area contributed by atoms with Crippen LogP contribution in [0.3, 0.4) is 0 Å². The maximum absolute atomic E-state index is 15.3. The Kier molecular flexibility index (Phi) is 7.76. The fourth-order valence-electron chi connectivity index (χ4n) is 5.93. The van der Waals surface area contributed by atoms with Crippen LogP contribution < -0.4 is 10.2 Å². The molecule has 2 heterocycles. The zero-order chi connectivity index (χ0) is 29.1. The lowest BCUT2D eigenvalue weighted by Crippen LogP contribution is -2.43. The molecule has 4 aromatic carbocycles. The fraction of sp³-hybridized carbons (Fsp3) is 0.250. The number of fused-ring (bicyclic) bond motifs is 1. The van der Waals surface area contributed by atoms with Crippen LogP contribution in [0.4, 0.5) is 19.3 Å². The van der Waals surface area contributed by atoms with Crippen LogP contribution in [-0.4, -0.2) is 46.4 Å². The molecule has 3 atom stereocenters. The summed E-state index contributed by atoms with van der Waals surface area (Å²) in [6.45, 7) is 2.76. The summed E-state index contributed by atoms with van der Waals surface area (Å²) < 4.78 is 36.4. The van der Waals surface area contributed by atoms with Gasteiger partial charge in [0, 0.05) is 24.6 Å². The number of hydrogen-bond donors (Lipinski definition) is 2. The number of piperidine rings is 1. The van der Waals surface area contributed by atoms with Crippen LogP contribution in [-0.2, 0) is 4.74 Å². The minimum Gasteiger partial charge on any atom is -0.449 e. The Morgan fingerprint density at radius 3 is 2.55 bits per heavy atom. The Bertz CT molecular complexity index is 1650. The number of H-pyrrole nitrogens is 1. The Labute approximate surface area is 241 Å². The normalized spacial score (nSPS) is 17.6. The van der Waals surface area contributed by atoms with Gasteiger partial charge in [-0.3, -0.25) is 0 Å². The molecule has 1 amide bonds. The SMILES string of the molecule is C[C@@H](NC(=O)OCC1CN(c2c(F)cc(-c3nn[nH]n3)cc2F)CCC1c1ccccc1)c1cccc2ccccc12. The molecule has 1 fully saturated rings.